The van der Waals surface area contributed by atoms with E-state index in [0.717, 1.165) is 6.42 Å². The van der Waals surface area contributed by atoms with E-state index in [0.29, 0.717) is 0 Å². The third-order valence-electron chi connectivity index (χ3n) is 1.17. The third kappa shape index (κ3) is 10.6. The molecule has 0 saturated heterocycles. The van der Waals surface area contributed by atoms with E-state index < -0.39 is 10.4 Å². The SMILES string of the molecule is CCc1scnc1C.O=S(=O)(O)O.[H-].[Na+]. The Balaban J connectivity index is -0.000000185. The Kier molecular flexibility index (Phi) is 9.36. The second-order valence-corrected chi connectivity index (χ2v) is 4.00. The van der Waals surface area contributed by atoms with Crippen molar-refractivity contribution in [2.75, 3.05) is 0 Å². The van der Waals surface area contributed by atoms with Crippen LogP contribution in [0.2, 0.25) is 0 Å². The van der Waals surface area contributed by atoms with E-state index in [2.05, 4.69) is 18.8 Å². The fraction of sp³-hybridized carbons (Fsp3) is 0.500. The Labute approximate surface area is 111 Å². The molecule has 0 aromatic carbocycles. The zero-order valence-electron chi connectivity index (χ0n) is 9.26. The summed E-state index contributed by atoms with van der Waals surface area (Å²) in [6.45, 7) is 4.20. The minimum Gasteiger partial charge on any atom is -1.00 e. The van der Waals surface area contributed by atoms with Gasteiger partial charge in [-0.3, -0.25) is 9.11 Å². The molecule has 78 valence electrons. The van der Waals surface area contributed by atoms with Gasteiger partial charge >= 0.3 is 40.0 Å². The van der Waals surface area contributed by atoms with Crippen LogP contribution in [0.3, 0.4) is 0 Å². The summed E-state index contributed by atoms with van der Waals surface area (Å²) < 4.78 is 31.6. The van der Waals surface area contributed by atoms with Crippen molar-refractivity contribution >= 4 is 21.7 Å². The zero-order chi connectivity index (χ0) is 10.5. The molecule has 0 spiro atoms. The van der Waals surface area contributed by atoms with E-state index in [1.807, 2.05) is 5.51 Å². The summed E-state index contributed by atoms with van der Waals surface area (Å²) in [4.78, 5) is 5.51. The van der Waals surface area contributed by atoms with Gasteiger partial charge in [0.15, 0.2) is 0 Å². The van der Waals surface area contributed by atoms with Crippen LogP contribution in [0.5, 0.6) is 0 Å². The van der Waals surface area contributed by atoms with E-state index >= 15 is 0 Å². The number of aromatic nitrogens is 1. The maximum absolute atomic E-state index is 8.74. The Bertz CT molecular complexity index is 346. The van der Waals surface area contributed by atoms with Crippen molar-refractivity contribution in [1.82, 2.24) is 4.98 Å². The fourth-order valence-electron chi connectivity index (χ4n) is 0.665. The summed E-state index contributed by atoms with van der Waals surface area (Å²) in [6, 6.07) is 0. The monoisotopic (exact) mass is 249 g/mol. The molecule has 1 aromatic rings. The molecule has 0 bridgehead atoms. The Morgan fingerprint density at radius 2 is 2.00 bits per heavy atom. The van der Waals surface area contributed by atoms with E-state index in [-0.39, 0.29) is 31.0 Å². The first kappa shape index (κ1) is 16.9. The largest absolute Gasteiger partial charge is 1.00 e. The average Bonchev–Trinajstić information content (AvgIpc) is 2.31. The molecule has 5 nitrogen and oxygen atoms in total. The summed E-state index contributed by atoms with van der Waals surface area (Å²) in [5, 5.41) is 0. The van der Waals surface area contributed by atoms with Gasteiger partial charge in [-0.15, -0.1) is 11.3 Å². The molecule has 0 saturated carbocycles. The molecule has 14 heavy (non-hydrogen) atoms. The quantitative estimate of drug-likeness (QED) is 0.466. The van der Waals surface area contributed by atoms with Gasteiger partial charge in [0.1, 0.15) is 0 Å². The van der Waals surface area contributed by atoms with Crippen LogP contribution in [0.1, 0.15) is 18.9 Å². The smallest absolute Gasteiger partial charge is 1.00 e. The molecule has 0 atom stereocenters. The number of thiazole rings is 1. The molecule has 0 amide bonds. The summed E-state index contributed by atoms with van der Waals surface area (Å²) in [6.07, 6.45) is 1.12. The molecule has 0 aliphatic heterocycles. The van der Waals surface area contributed by atoms with Gasteiger partial charge in [-0.1, -0.05) is 6.92 Å². The molecule has 0 fully saturated rings. The van der Waals surface area contributed by atoms with E-state index in [1.54, 1.807) is 11.3 Å². The van der Waals surface area contributed by atoms with Crippen LogP contribution < -0.4 is 29.6 Å². The summed E-state index contributed by atoms with van der Waals surface area (Å²) in [5.74, 6) is 0. The minimum absolute atomic E-state index is 0. The average molecular weight is 249 g/mol. The predicted octanol–water partition coefficient (Wildman–Crippen LogP) is -1.52. The van der Waals surface area contributed by atoms with Crippen LogP contribution in [-0.4, -0.2) is 22.5 Å². The molecule has 0 unspecified atom stereocenters. The second-order valence-electron chi connectivity index (χ2n) is 2.16. The molecular formula is C6H12NNaO4S2. The molecule has 1 rings (SSSR count). The Morgan fingerprint density at radius 1 is 1.57 bits per heavy atom. The number of rotatable bonds is 1. The van der Waals surface area contributed by atoms with Gasteiger partial charge in [0.05, 0.1) is 11.2 Å². The van der Waals surface area contributed by atoms with Crippen molar-refractivity contribution in [3.8, 4) is 0 Å². The van der Waals surface area contributed by atoms with Crippen LogP contribution >= 0.6 is 11.3 Å². The zero-order valence-corrected chi connectivity index (χ0v) is 11.9. The molecule has 1 heterocycles. The van der Waals surface area contributed by atoms with Crippen molar-refractivity contribution in [2.45, 2.75) is 20.3 Å². The standard InChI is InChI=1S/C6H9NS.Na.H2O4S.H/c1-3-6-5(2)7-4-8-6;;1-5(2,3)4;/h4H,3H2,1-2H3;;(H2,1,2,3,4);/q;+1;;-1. The van der Waals surface area contributed by atoms with Crippen LogP contribution in [0.15, 0.2) is 5.51 Å². The van der Waals surface area contributed by atoms with Crippen molar-refractivity contribution < 1.29 is 48.5 Å². The second kappa shape index (κ2) is 7.75. The molecule has 0 radical (unpaired) electrons. The number of hydrogen-bond acceptors (Lipinski definition) is 4. The molecule has 0 aliphatic rings. The van der Waals surface area contributed by atoms with Gasteiger partial charge < -0.3 is 1.43 Å². The molecular weight excluding hydrogens is 237 g/mol. The number of aryl methyl sites for hydroxylation is 2. The van der Waals surface area contributed by atoms with Crippen molar-refractivity contribution in [1.29, 1.82) is 0 Å². The van der Waals surface area contributed by atoms with Crippen LogP contribution in [0, 0.1) is 6.92 Å². The minimum atomic E-state index is -4.67. The maximum Gasteiger partial charge on any atom is 1.00 e. The summed E-state index contributed by atoms with van der Waals surface area (Å²) in [5.41, 5.74) is 3.09. The summed E-state index contributed by atoms with van der Waals surface area (Å²) >= 11 is 1.74. The first-order valence-corrected chi connectivity index (χ1v) is 5.71. The predicted molar refractivity (Wildman–Crippen MR) is 51.5 cm³/mol. The van der Waals surface area contributed by atoms with Crippen LogP contribution in [0.4, 0.5) is 0 Å². The van der Waals surface area contributed by atoms with Gasteiger partial charge in [0.2, 0.25) is 0 Å². The third-order valence-corrected chi connectivity index (χ3v) is 2.25. The van der Waals surface area contributed by atoms with Crippen molar-refractivity contribution in [3.05, 3.63) is 16.1 Å². The van der Waals surface area contributed by atoms with E-state index in [9.17, 15) is 0 Å². The normalized spacial score (nSPS) is 9.71. The maximum atomic E-state index is 8.74. The van der Waals surface area contributed by atoms with Gasteiger partial charge in [-0.2, -0.15) is 8.42 Å². The number of nitrogens with zero attached hydrogens (tertiary/aromatic N) is 1. The topological polar surface area (TPSA) is 87.5 Å². The fourth-order valence-corrected chi connectivity index (χ4v) is 1.39. The number of hydrogen-bond donors (Lipinski definition) is 2. The van der Waals surface area contributed by atoms with Crippen molar-refractivity contribution in [2.24, 2.45) is 0 Å². The van der Waals surface area contributed by atoms with E-state index in [4.69, 9.17) is 17.5 Å². The Morgan fingerprint density at radius 3 is 2.14 bits per heavy atom. The Hall–Kier alpha value is 0.500. The summed E-state index contributed by atoms with van der Waals surface area (Å²) in [7, 11) is -4.67. The first-order chi connectivity index (χ1) is 5.84. The molecule has 8 heteroatoms. The molecule has 1 aromatic heterocycles. The molecule has 2 N–H and O–H groups in total. The van der Waals surface area contributed by atoms with Crippen LogP contribution in [0.25, 0.3) is 0 Å². The van der Waals surface area contributed by atoms with Crippen LogP contribution in [-0.2, 0) is 16.8 Å². The van der Waals surface area contributed by atoms with E-state index in [1.165, 1.54) is 10.6 Å². The van der Waals surface area contributed by atoms with Gasteiger partial charge in [-0.05, 0) is 13.3 Å². The first-order valence-electron chi connectivity index (χ1n) is 3.43. The molecule has 0 aliphatic carbocycles. The van der Waals surface area contributed by atoms with Gasteiger partial charge in [-0.25, -0.2) is 4.98 Å². The van der Waals surface area contributed by atoms with Gasteiger partial charge in [0.25, 0.3) is 0 Å². The van der Waals surface area contributed by atoms with Gasteiger partial charge in [0, 0.05) is 4.88 Å². The van der Waals surface area contributed by atoms with Crippen molar-refractivity contribution in [3.63, 3.8) is 0 Å².